The van der Waals surface area contributed by atoms with Crippen molar-refractivity contribution in [1.82, 2.24) is 24.6 Å². The molecule has 0 unspecified atom stereocenters. The van der Waals surface area contributed by atoms with Gasteiger partial charge in [-0.25, -0.2) is 4.39 Å². The van der Waals surface area contributed by atoms with Crippen molar-refractivity contribution in [2.45, 2.75) is 32.3 Å². The van der Waals surface area contributed by atoms with Crippen LogP contribution in [-0.2, 0) is 6.42 Å². The summed E-state index contributed by atoms with van der Waals surface area (Å²) in [5, 5.41) is 18.3. The molecule has 0 saturated carbocycles. The Morgan fingerprint density at radius 1 is 1.23 bits per heavy atom. The molecule has 0 bridgehead atoms. The number of benzene rings is 1. The number of halogens is 1. The van der Waals surface area contributed by atoms with Crippen LogP contribution in [0.4, 0.5) is 15.9 Å². The second-order valence-corrected chi connectivity index (χ2v) is 7.82. The minimum Gasteiger partial charge on any atom is -0.378 e. The van der Waals surface area contributed by atoms with Crippen molar-refractivity contribution in [2.24, 2.45) is 0 Å². The second-order valence-electron chi connectivity index (χ2n) is 7.82. The molecule has 4 aromatic rings. The molecule has 0 fully saturated rings. The standard InChI is InChI=1S/C22H19FN6O/c1-22(2,30)9-8-14-5-3-7-17-15(14)6-4-10-28(17)20-19-16(23)11-24-12-18(19)29-13-25-27-21(29)26-20/h3,5,7,11-13,30H,4,6,10H2,1-2H3. The Morgan fingerprint density at radius 3 is 2.93 bits per heavy atom. The molecule has 0 atom stereocenters. The van der Waals surface area contributed by atoms with Gasteiger partial charge in [0.25, 0.3) is 5.78 Å². The number of aliphatic hydroxyl groups is 1. The van der Waals surface area contributed by atoms with Gasteiger partial charge in [-0.2, -0.15) is 4.98 Å². The highest BCUT2D eigenvalue weighted by Crippen LogP contribution is 2.38. The summed E-state index contributed by atoms with van der Waals surface area (Å²) in [5.41, 5.74) is 2.33. The van der Waals surface area contributed by atoms with Crippen molar-refractivity contribution >= 4 is 28.2 Å². The van der Waals surface area contributed by atoms with E-state index >= 15 is 0 Å². The molecule has 150 valence electrons. The fraction of sp³-hybridized carbons (Fsp3) is 0.273. The molecule has 4 heterocycles. The summed E-state index contributed by atoms with van der Waals surface area (Å²) in [6, 6.07) is 5.85. The first-order valence-electron chi connectivity index (χ1n) is 9.70. The molecule has 8 heteroatoms. The van der Waals surface area contributed by atoms with Crippen molar-refractivity contribution in [2.75, 3.05) is 11.4 Å². The minimum atomic E-state index is -1.08. The summed E-state index contributed by atoms with van der Waals surface area (Å²) >= 11 is 0. The quantitative estimate of drug-likeness (QED) is 0.493. The largest absolute Gasteiger partial charge is 0.378 e. The van der Waals surface area contributed by atoms with E-state index in [0.29, 0.717) is 29.0 Å². The zero-order valence-corrected chi connectivity index (χ0v) is 16.6. The number of hydrogen-bond donors (Lipinski definition) is 1. The first-order chi connectivity index (χ1) is 14.4. The van der Waals surface area contributed by atoms with Crippen LogP contribution in [0.15, 0.2) is 36.9 Å². The van der Waals surface area contributed by atoms with Gasteiger partial charge in [-0.3, -0.25) is 9.38 Å². The van der Waals surface area contributed by atoms with E-state index in [1.54, 1.807) is 24.4 Å². The molecule has 0 aliphatic carbocycles. The Kier molecular flexibility index (Phi) is 4.15. The Hall–Kier alpha value is -3.57. The second kappa shape index (κ2) is 6.75. The highest BCUT2D eigenvalue weighted by Gasteiger charge is 2.25. The first kappa shape index (κ1) is 18.5. The van der Waals surface area contributed by atoms with E-state index in [1.165, 1.54) is 12.5 Å². The Balaban J connectivity index is 1.74. The first-order valence-corrected chi connectivity index (χ1v) is 9.70. The van der Waals surface area contributed by atoms with Gasteiger partial charge in [0.05, 0.1) is 23.3 Å². The lowest BCUT2D eigenvalue weighted by Crippen LogP contribution is -2.26. The molecular formula is C22H19FN6O. The van der Waals surface area contributed by atoms with Gasteiger partial charge >= 0.3 is 0 Å². The van der Waals surface area contributed by atoms with Crippen molar-refractivity contribution in [3.05, 3.63) is 53.9 Å². The number of pyridine rings is 1. The number of anilines is 2. The van der Waals surface area contributed by atoms with Gasteiger partial charge < -0.3 is 10.0 Å². The molecule has 0 amide bonds. The van der Waals surface area contributed by atoms with Crippen LogP contribution in [0.3, 0.4) is 0 Å². The fourth-order valence-electron chi connectivity index (χ4n) is 3.83. The van der Waals surface area contributed by atoms with Gasteiger partial charge in [0.2, 0.25) is 0 Å². The highest BCUT2D eigenvalue weighted by atomic mass is 19.1. The normalized spacial score (nSPS) is 13.9. The molecule has 1 aromatic carbocycles. The summed E-state index contributed by atoms with van der Waals surface area (Å²) < 4.78 is 16.5. The van der Waals surface area contributed by atoms with Crippen LogP contribution >= 0.6 is 0 Å². The number of rotatable bonds is 1. The summed E-state index contributed by atoms with van der Waals surface area (Å²) in [6.07, 6.45) is 6.00. The van der Waals surface area contributed by atoms with E-state index in [9.17, 15) is 9.50 Å². The molecule has 3 aromatic heterocycles. The Bertz CT molecular complexity index is 1340. The van der Waals surface area contributed by atoms with E-state index in [0.717, 1.165) is 29.7 Å². The van der Waals surface area contributed by atoms with Crippen molar-refractivity contribution in [3.8, 4) is 11.8 Å². The topological polar surface area (TPSA) is 79.4 Å². The van der Waals surface area contributed by atoms with Gasteiger partial charge in [-0.1, -0.05) is 17.9 Å². The van der Waals surface area contributed by atoms with Crippen LogP contribution in [-0.4, -0.2) is 41.8 Å². The van der Waals surface area contributed by atoms with Crippen molar-refractivity contribution < 1.29 is 9.50 Å². The van der Waals surface area contributed by atoms with Gasteiger partial charge in [-0.15, -0.1) is 10.2 Å². The van der Waals surface area contributed by atoms with Crippen molar-refractivity contribution in [1.29, 1.82) is 0 Å². The van der Waals surface area contributed by atoms with Crippen LogP contribution in [0.25, 0.3) is 16.7 Å². The molecule has 1 aliphatic rings. The molecule has 1 aliphatic heterocycles. The summed E-state index contributed by atoms with van der Waals surface area (Å²) in [4.78, 5) is 10.6. The van der Waals surface area contributed by atoms with Crippen LogP contribution in [0.1, 0.15) is 31.4 Å². The van der Waals surface area contributed by atoms with Gasteiger partial charge in [0.15, 0.2) is 5.82 Å². The molecule has 1 N–H and O–H groups in total. The molecule has 0 radical (unpaired) electrons. The van der Waals surface area contributed by atoms with Crippen LogP contribution in [0.5, 0.6) is 0 Å². The third-order valence-electron chi connectivity index (χ3n) is 5.11. The van der Waals surface area contributed by atoms with Crippen LogP contribution < -0.4 is 4.90 Å². The minimum absolute atomic E-state index is 0.373. The molecule has 30 heavy (non-hydrogen) atoms. The summed E-state index contributed by atoms with van der Waals surface area (Å²) in [7, 11) is 0. The summed E-state index contributed by atoms with van der Waals surface area (Å²) in [5.74, 6) is 6.41. The van der Waals surface area contributed by atoms with E-state index in [1.807, 2.05) is 23.1 Å². The predicted molar refractivity (Wildman–Crippen MR) is 111 cm³/mol. The number of hydrogen-bond acceptors (Lipinski definition) is 6. The van der Waals surface area contributed by atoms with E-state index in [2.05, 4.69) is 32.0 Å². The van der Waals surface area contributed by atoms with E-state index in [-0.39, 0.29) is 0 Å². The highest BCUT2D eigenvalue weighted by molar-refractivity contribution is 5.94. The zero-order chi connectivity index (χ0) is 20.9. The van der Waals surface area contributed by atoms with E-state index in [4.69, 9.17) is 0 Å². The third-order valence-corrected chi connectivity index (χ3v) is 5.11. The van der Waals surface area contributed by atoms with Crippen molar-refractivity contribution in [3.63, 3.8) is 0 Å². The lowest BCUT2D eigenvalue weighted by atomic mass is 9.95. The smallest absolute Gasteiger partial charge is 0.257 e. The summed E-state index contributed by atoms with van der Waals surface area (Å²) in [6.45, 7) is 3.99. The van der Waals surface area contributed by atoms with E-state index < -0.39 is 11.4 Å². The van der Waals surface area contributed by atoms with Gasteiger partial charge in [0.1, 0.15) is 17.7 Å². The maximum Gasteiger partial charge on any atom is 0.257 e. The fourth-order valence-corrected chi connectivity index (χ4v) is 3.83. The lowest BCUT2D eigenvalue weighted by Gasteiger charge is -2.32. The molecule has 5 rings (SSSR count). The predicted octanol–water partition coefficient (Wildman–Crippen LogP) is 3.02. The number of fused-ring (bicyclic) bond motifs is 4. The maximum absolute atomic E-state index is 14.9. The Morgan fingerprint density at radius 2 is 2.10 bits per heavy atom. The SMILES string of the molecule is CC(C)(O)C#Cc1cccc2c1CCCN2c1nc2nncn2c2cncc(F)c12. The third kappa shape index (κ3) is 3.04. The Labute approximate surface area is 172 Å². The molecule has 0 saturated heterocycles. The molecular weight excluding hydrogens is 383 g/mol. The van der Waals surface area contributed by atoms with Crippen LogP contribution in [0, 0.1) is 17.7 Å². The lowest BCUT2D eigenvalue weighted by molar-refractivity contribution is 0.143. The number of nitrogens with zero attached hydrogens (tertiary/aromatic N) is 6. The van der Waals surface area contributed by atoms with Gasteiger partial charge in [0, 0.05) is 17.8 Å². The maximum atomic E-state index is 14.9. The van der Waals surface area contributed by atoms with Gasteiger partial charge in [-0.05, 0) is 44.4 Å². The number of aromatic nitrogens is 5. The van der Waals surface area contributed by atoms with Crippen LogP contribution in [0.2, 0.25) is 0 Å². The zero-order valence-electron chi connectivity index (χ0n) is 16.6. The average Bonchev–Trinajstić information content (AvgIpc) is 3.20. The molecule has 7 nitrogen and oxygen atoms in total. The molecule has 0 spiro atoms. The average molecular weight is 402 g/mol. The monoisotopic (exact) mass is 402 g/mol.